The highest BCUT2D eigenvalue weighted by molar-refractivity contribution is 5.76. The van der Waals surface area contributed by atoms with Crippen molar-refractivity contribution in [2.24, 2.45) is 0 Å². The van der Waals surface area contributed by atoms with Gasteiger partial charge < -0.3 is 5.32 Å². The third-order valence-corrected chi connectivity index (χ3v) is 3.53. The third-order valence-electron chi connectivity index (χ3n) is 3.53. The Morgan fingerprint density at radius 2 is 1.39 bits per heavy atom. The molecule has 0 unspecified atom stereocenters. The summed E-state index contributed by atoms with van der Waals surface area (Å²) in [5, 5.41) is 3.02. The van der Waals surface area contributed by atoms with Crippen LogP contribution in [0.4, 0.5) is 0 Å². The number of hydrogen-bond acceptors (Lipinski definition) is 1. The predicted molar refractivity (Wildman–Crippen MR) is 79.7 cm³/mol. The van der Waals surface area contributed by atoms with E-state index in [2.05, 4.69) is 26.1 Å². The minimum Gasteiger partial charge on any atom is -0.354 e. The number of rotatable bonds is 12. The van der Waals surface area contributed by atoms with Crippen LogP contribution in [0.5, 0.6) is 0 Å². The molecule has 0 spiro atoms. The van der Waals surface area contributed by atoms with Crippen LogP contribution in [0, 0.1) is 0 Å². The quantitative estimate of drug-likeness (QED) is 0.498. The molecule has 0 heterocycles. The number of carbonyl (C=O) groups is 1. The summed E-state index contributed by atoms with van der Waals surface area (Å²) in [5.41, 5.74) is 0. The van der Waals surface area contributed by atoms with Gasteiger partial charge in [0, 0.05) is 12.5 Å². The van der Waals surface area contributed by atoms with E-state index in [1.165, 1.54) is 51.4 Å². The van der Waals surface area contributed by atoms with Gasteiger partial charge in [-0.3, -0.25) is 4.79 Å². The standard InChI is InChI=1S/C16H33NO/c1-4-6-7-8-9-10-11-12-13-14-16(18)17-15(3)5-2/h15H,4-14H2,1-3H3,(H,17,18)/t15-/m1/s1. The van der Waals surface area contributed by atoms with Gasteiger partial charge in [0.1, 0.15) is 0 Å². The summed E-state index contributed by atoms with van der Waals surface area (Å²) >= 11 is 0. The summed E-state index contributed by atoms with van der Waals surface area (Å²) in [5.74, 6) is 0.229. The fraction of sp³-hybridized carbons (Fsp3) is 0.938. The minimum absolute atomic E-state index is 0.229. The topological polar surface area (TPSA) is 29.1 Å². The monoisotopic (exact) mass is 255 g/mol. The molecule has 0 aromatic rings. The molecule has 0 rings (SSSR count). The maximum absolute atomic E-state index is 11.5. The Bertz CT molecular complexity index is 192. The van der Waals surface area contributed by atoms with Crippen molar-refractivity contribution in [3.63, 3.8) is 0 Å². The molecule has 1 atom stereocenters. The zero-order chi connectivity index (χ0) is 13.6. The van der Waals surface area contributed by atoms with E-state index in [1.54, 1.807) is 0 Å². The van der Waals surface area contributed by atoms with E-state index in [1.807, 2.05) is 0 Å². The molecule has 0 aliphatic carbocycles. The molecule has 1 amide bonds. The molecule has 18 heavy (non-hydrogen) atoms. The molecule has 0 radical (unpaired) electrons. The number of nitrogens with one attached hydrogen (secondary N) is 1. The van der Waals surface area contributed by atoms with Crippen LogP contribution in [-0.2, 0) is 4.79 Å². The summed E-state index contributed by atoms with van der Waals surface area (Å²) in [6, 6.07) is 0.330. The Kier molecular flexibility index (Phi) is 12.5. The summed E-state index contributed by atoms with van der Waals surface area (Å²) in [6.45, 7) is 6.42. The molecular weight excluding hydrogens is 222 g/mol. The zero-order valence-corrected chi connectivity index (χ0v) is 12.8. The lowest BCUT2D eigenvalue weighted by atomic mass is 10.1. The Morgan fingerprint density at radius 1 is 0.889 bits per heavy atom. The van der Waals surface area contributed by atoms with Gasteiger partial charge >= 0.3 is 0 Å². The van der Waals surface area contributed by atoms with E-state index in [9.17, 15) is 4.79 Å². The van der Waals surface area contributed by atoms with E-state index < -0.39 is 0 Å². The first-order chi connectivity index (χ1) is 8.70. The Hall–Kier alpha value is -0.530. The minimum atomic E-state index is 0.229. The Morgan fingerprint density at radius 3 is 1.89 bits per heavy atom. The highest BCUT2D eigenvalue weighted by Gasteiger charge is 2.04. The SMILES string of the molecule is CCCCCCCCCCCC(=O)N[C@H](C)CC. The van der Waals surface area contributed by atoms with Gasteiger partial charge in [0.2, 0.25) is 5.91 Å². The van der Waals surface area contributed by atoms with Crippen molar-refractivity contribution in [1.82, 2.24) is 5.32 Å². The second kappa shape index (κ2) is 12.9. The first kappa shape index (κ1) is 17.5. The number of amides is 1. The fourth-order valence-corrected chi connectivity index (χ4v) is 2.05. The molecule has 2 heteroatoms. The van der Waals surface area contributed by atoms with Gasteiger partial charge in [0.25, 0.3) is 0 Å². The summed E-state index contributed by atoms with van der Waals surface area (Å²) in [6.07, 6.45) is 13.5. The summed E-state index contributed by atoms with van der Waals surface area (Å²) in [4.78, 5) is 11.5. The van der Waals surface area contributed by atoms with Crippen LogP contribution in [0.25, 0.3) is 0 Å². The molecular formula is C16H33NO. The van der Waals surface area contributed by atoms with Crippen LogP contribution in [0.1, 0.15) is 91.4 Å². The lowest BCUT2D eigenvalue weighted by Gasteiger charge is -2.10. The van der Waals surface area contributed by atoms with Crippen LogP contribution in [0.2, 0.25) is 0 Å². The van der Waals surface area contributed by atoms with Crippen molar-refractivity contribution in [1.29, 1.82) is 0 Å². The largest absolute Gasteiger partial charge is 0.354 e. The maximum Gasteiger partial charge on any atom is 0.220 e. The first-order valence-electron chi connectivity index (χ1n) is 8.00. The van der Waals surface area contributed by atoms with Gasteiger partial charge in [0.15, 0.2) is 0 Å². The number of carbonyl (C=O) groups excluding carboxylic acids is 1. The average Bonchev–Trinajstić information content (AvgIpc) is 2.36. The van der Waals surface area contributed by atoms with E-state index >= 15 is 0 Å². The fourth-order valence-electron chi connectivity index (χ4n) is 2.05. The predicted octanol–water partition coefficient (Wildman–Crippen LogP) is 4.82. The van der Waals surface area contributed by atoms with Gasteiger partial charge in [-0.25, -0.2) is 0 Å². The molecule has 0 bridgehead atoms. The van der Waals surface area contributed by atoms with Crippen LogP contribution >= 0.6 is 0 Å². The van der Waals surface area contributed by atoms with Crippen LogP contribution < -0.4 is 5.32 Å². The number of unbranched alkanes of at least 4 members (excludes halogenated alkanes) is 8. The lowest BCUT2D eigenvalue weighted by Crippen LogP contribution is -2.31. The normalized spacial score (nSPS) is 12.4. The van der Waals surface area contributed by atoms with Crippen LogP contribution in [0.15, 0.2) is 0 Å². The number of hydrogen-bond donors (Lipinski definition) is 1. The molecule has 0 aliphatic heterocycles. The van der Waals surface area contributed by atoms with E-state index in [0.717, 1.165) is 12.8 Å². The Balaban J connectivity index is 3.17. The zero-order valence-electron chi connectivity index (χ0n) is 12.8. The van der Waals surface area contributed by atoms with Crippen molar-refractivity contribution in [2.45, 2.75) is 97.4 Å². The molecule has 1 N–H and O–H groups in total. The molecule has 0 aliphatic rings. The molecule has 0 aromatic heterocycles. The second-order valence-corrected chi connectivity index (χ2v) is 5.46. The molecule has 108 valence electrons. The maximum atomic E-state index is 11.5. The van der Waals surface area contributed by atoms with Gasteiger partial charge in [-0.05, 0) is 19.8 Å². The molecule has 2 nitrogen and oxygen atoms in total. The average molecular weight is 255 g/mol. The van der Waals surface area contributed by atoms with Crippen molar-refractivity contribution in [2.75, 3.05) is 0 Å². The van der Waals surface area contributed by atoms with Crippen molar-refractivity contribution < 1.29 is 4.79 Å². The molecule has 0 fully saturated rings. The van der Waals surface area contributed by atoms with Crippen LogP contribution in [-0.4, -0.2) is 11.9 Å². The van der Waals surface area contributed by atoms with Crippen molar-refractivity contribution in [3.05, 3.63) is 0 Å². The van der Waals surface area contributed by atoms with Crippen LogP contribution in [0.3, 0.4) is 0 Å². The van der Waals surface area contributed by atoms with Crippen molar-refractivity contribution >= 4 is 5.91 Å². The highest BCUT2D eigenvalue weighted by Crippen LogP contribution is 2.10. The second-order valence-electron chi connectivity index (χ2n) is 5.46. The highest BCUT2D eigenvalue weighted by atomic mass is 16.1. The third kappa shape index (κ3) is 11.9. The lowest BCUT2D eigenvalue weighted by molar-refractivity contribution is -0.121. The van der Waals surface area contributed by atoms with Gasteiger partial charge in [0.05, 0.1) is 0 Å². The van der Waals surface area contributed by atoms with E-state index in [-0.39, 0.29) is 5.91 Å². The molecule has 0 saturated carbocycles. The Labute approximate surface area is 114 Å². The van der Waals surface area contributed by atoms with Gasteiger partial charge in [-0.1, -0.05) is 65.2 Å². The van der Waals surface area contributed by atoms with E-state index in [4.69, 9.17) is 0 Å². The van der Waals surface area contributed by atoms with Crippen molar-refractivity contribution in [3.8, 4) is 0 Å². The molecule has 0 saturated heterocycles. The molecule has 0 aromatic carbocycles. The smallest absolute Gasteiger partial charge is 0.220 e. The first-order valence-corrected chi connectivity index (χ1v) is 8.00. The van der Waals surface area contributed by atoms with Gasteiger partial charge in [-0.15, -0.1) is 0 Å². The summed E-state index contributed by atoms with van der Waals surface area (Å²) < 4.78 is 0. The van der Waals surface area contributed by atoms with Gasteiger partial charge in [-0.2, -0.15) is 0 Å². The van der Waals surface area contributed by atoms with E-state index in [0.29, 0.717) is 12.5 Å². The summed E-state index contributed by atoms with van der Waals surface area (Å²) in [7, 11) is 0.